The molecule has 0 atom stereocenters. The van der Waals surface area contributed by atoms with Gasteiger partial charge in [-0.05, 0) is 13.0 Å². The minimum absolute atomic E-state index is 0.150. The van der Waals surface area contributed by atoms with Crippen LogP contribution in [0.3, 0.4) is 0 Å². The van der Waals surface area contributed by atoms with Crippen LogP contribution in [0.1, 0.15) is 34.8 Å². The van der Waals surface area contributed by atoms with Gasteiger partial charge in [0.2, 0.25) is 0 Å². The minimum atomic E-state index is -5.26. The summed E-state index contributed by atoms with van der Waals surface area (Å²) in [6.45, 7) is 1.25. The average molecular weight is 309 g/mol. The summed E-state index contributed by atoms with van der Waals surface area (Å²) in [4.78, 5) is 11.5. The summed E-state index contributed by atoms with van der Waals surface area (Å²) in [5.41, 5.74) is -2.78. The Balaban J connectivity index is 3.52. The summed E-state index contributed by atoms with van der Waals surface area (Å²) in [5, 5.41) is 8.80. The second-order valence-corrected chi connectivity index (χ2v) is 3.59. The lowest BCUT2D eigenvalue weighted by Gasteiger charge is -2.16. The number of nitrogens with zero attached hydrogens (tertiary/aromatic N) is 1. The molecule has 114 valence electrons. The maximum absolute atomic E-state index is 12.7. The number of carbonyl (C=O) groups is 1. The molecule has 21 heavy (non-hydrogen) atoms. The highest BCUT2D eigenvalue weighted by molar-refractivity contribution is 5.93. The number of halogens is 5. The lowest BCUT2D eigenvalue weighted by Crippen LogP contribution is -2.21. The quantitative estimate of drug-likeness (QED) is 0.630. The normalized spacial score (nSPS) is 11.1. The summed E-state index contributed by atoms with van der Waals surface area (Å²) in [7, 11) is 0. The van der Waals surface area contributed by atoms with Gasteiger partial charge in [0.25, 0.3) is 6.43 Å². The SMILES string of the molecule is CCOC(=O)c1ccc(C(F)F)c(C#N)c1OC(F)(F)F. The highest BCUT2D eigenvalue weighted by Gasteiger charge is 2.36. The lowest BCUT2D eigenvalue weighted by atomic mass is 10.0. The molecule has 0 spiro atoms. The van der Waals surface area contributed by atoms with E-state index < -0.39 is 41.2 Å². The molecule has 1 aromatic carbocycles. The van der Waals surface area contributed by atoms with Crippen molar-refractivity contribution in [3.05, 3.63) is 28.8 Å². The molecule has 0 saturated heterocycles. The molecule has 0 saturated carbocycles. The van der Waals surface area contributed by atoms with Crippen LogP contribution in [0.2, 0.25) is 0 Å². The van der Waals surface area contributed by atoms with E-state index in [1.807, 2.05) is 0 Å². The van der Waals surface area contributed by atoms with Crippen molar-refractivity contribution in [2.24, 2.45) is 0 Å². The van der Waals surface area contributed by atoms with E-state index in [2.05, 4.69) is 9.47 Å². The van der Waals surface area contributed by atoms with E-state index >= 15 is 0 Å². The van der Waals surface area contributed by atoms with Crippen LogP contribution in [0.4, 0.5) is 22.0 Å². The van der Waals surface area contributed by atoms with Crippen LogP contribution in [0.25, 0.3) is 0 Å². The Morgan fingerprint density at radius 3 is 2.43 bits per heavy atom. The molecule has 0 fully saturated rings. The van der Waals surface area contributed by atoms with Crippen molar-refractivity contribution < 1.29 is 36.2 Å². The number of benzene rings is 1. The van der Waals surface area contributed by atoms with Crippen LogP contribution in [0, 0.1) is 11.3 Å². The molecule has 0 unspecified atom stereocenters. The number of alkyl halides is 5. The first-order valence-corrected chi connectivity index (χ1v) is 5.49. The molecule has 4 nitrogen and oxygen atoms in total. The van der Waals surface area contributed by atoms with Crippen molar-refractivity contribution >= 4 is 5.97 Å². The van der Waals surface area contributed by atoms with Crippen molar-refractivity contribution in [3.63, 3.8) is 0 Å². The van der Waals surface area contributed by atoms with Gasteiger partial charge in [0.05, 0.1) is 6.61 Å². The Hall–Kier alpha value is -2.37. The molecular weight excluding hydrogens is 301 g/mol. The third kappa shape index (κ3) is 4.05. The van der Waals surface area contributed by atoms with Gasteiger partial charge in [0, 0.05) is 5.56 Å². The van der Waals surface area contributed by atoms with E-state index in [0.717, 1.165) is 0 Å². The van der Waals surface area contributed by atoms with Gasteiger partial charge in [-0.15, -0.1) is 13.2 Å². The van der Waals surface area contributed by atoms with Gasteiger partial charge in [-0.25, -0.2) is 13.6 Å². The maximum Gasteiger partial charge on any atom is 0.573 e. The first-order chi connectivity index (χ1) is 9.71. The average Bonchev–Trinajstić information content (AvgIpc) is 2.36. The number of esters is 1. The first kappa shape index (κ1) is 16.7. The Bertz CT molecular complexity index is 577. The Morgan fingerprint density at radius 2 is 2.00 bits per heavy atom. The van der Waals surface area contributed by atoms with E-state index in [1.165, 1.54) is 13.0 Å². The highest BCUT2D eigenvalue weighted by Crippen LogP contribution is 2.36. The third-order valence-corrected chi connectivity index (χ3v) is 2.25. The van der Waals surface area contributed by atoms with E-state index in [-0.39, 0.29) is 6.61 Å². The number of rotatable bonds is 4. The highest BCUT2D eigenvalue weighted by atomic mass is 19.4. The second-order valence-electron chi connectivity index (χ2n) is 3.59. The van der Waals surface area contributed by atoms with Gasteiger partial charge in [0.1, 0.15) is 17.2 Å². The number of ether oxygens (including phenoxy) is 2. The van der Waals surface area contributed by atoms with Crippen molar-refractivity contribution in [1.82, 2.24) is 0 Å². The minimum Gasteiger partial charge on any atom is -0.462 e. The number of carbonyl (C=O) groups excluding carboxylic acids is 1. The van der Waals surface area contributed by atoms with Crippen LogP contribution < -0.4 is 4.74 Å². The Labute approximate surface area is 115 Å². The molecule has 1 aromatic rings. The molecule has 9 heteroatoms. The van der Waals surface area contributed by atoms with Crippen molar-refractivity contribution in [1.29, 1.82) is 5.26 Å². The van der Waals surface area contributed by atoms with Gasteiger partial charge in [-0.2, -0.15) is 5.26 Å². The zero-order valence-corrected chi connectivity index (χ0v) is 10.5. The van der Waals surface area contributed by atoms with Gasteiger partial charge < -0.3 is 9.47 Å². The Kier molecular flexibility index (Phi) is 5.07. The number of nitriles is 1. The largest absolute Gasteiger partial charge is 0.573 e. The Morgan fingerprint density at radius 1 is 1.38 bits per heavy atom. The number of hydrogen-bond acceptors (Lipinski definition) is 4. The molecule has 0 aliphatic carbocycles. The molecule has 0 heterocycles. The molecule has 0 radical (unpaired) electrons. The molecule has 0 N–H and O–H groups in total. The van der Waals surface area contributed by atoms with E-state index in [1.54, 1.807) is 0 Å². The summed E-state index contributed by atoms with van der Waals surface area (Å²) in [6, 6.07) is 2.57. The zero-order chi connectivity index (χ0) is 16.2. The van der Waals surface area contributed by atoms with Crippen LogP contribution in [0.15, 0.2) is 12.1 Å². The van der Waals surface area contributed by atoms with Crippen molar-refractivity contribution in [2.75, 3.05) is 6.61 Å². The van der Waals surface area contributed by atoms with Crippen molar-refractivity contribution in [3.8, 4) is 11.8 Å². The molecular formula is C12H8F5NO3. The van der Waals surface area contributed by atoms with Crippen LogP contribution in [0.5, 0.6) is 5.75 Å². The molecule has 0 bridgehead atoms. The van der Waals surface area contributed by atoms with Crippen LogP contribution in [-0.4, -0.2) is 18.9 Å². The van der Waals surface area contributed by atoms with Gasteiger partial charge in [-0.3, -0.25) is 0 Å². The predicted octanol–water partition coefficient (Wildman–Crippen LogP) is 3.57. The molecule has 1 rings (SSSR count). The molecule has 0 aromatic heterocycles. The van der Waals surface area contributed by atoms with E-state index in [4.69, 9.17) is 5.26 Å². The predicted molar refractivity (Wildman–Crippen MR) is 58.8 cm³/mol. The molecule has 0 aliphatic rings. The standard InChI is InChI=1S/C12H8F5NO3/c1-2-20-11(19)7-4-3-6(10(13)14)8(5-18)9(7)21-12(15,16)17/h3-4,10H,2H2,1H3. The summed E-state index contributed by atoms with van der Waals surface area (Å²) in [5.74, 6) is -2.50. The topological polar surface area (TPSA) is 59.3 Å². The van der Waals surface area contributed by atoms with Crippen molar-refractivity contribution in [2.45, 2.75) is 19.7 Å². The van der Waals surface area contributed by atoms with Gasteiger partial charge in [0.15, 0.2) is 5.75 Å². The fraction of sp³-hybridized carbons (Fsp3) is 0.333. The lowest BCUT2D eigenvalue weighted by molar-refractivity contribution is -0.274. The maximum atomic E-state index is 12.7. The van der Waals surface area contributed by atoms with E-state index in [0.29, 0.717) is 12.1 Å². The second kappa shape index (κ2) is 6.39. The zero-order valence-electron chi connectivity index (χ0n) is 10.5. The van der Waals surface area contributed by atoms with Crippen LogP contribution >= 0.6 is 0 Å². The fourth-order valence-corrected chi connectivity index (χ4v) is 1.49. The smallest absolute Gasteiger partial charge is 0.462 e. The van der Waals surface area contributed by atoms with Crippen LogP contribution in [-0.2, 0) is 4.74 Å². The molecule has 0 aliphatic heterocycles. The monoisotopic (exact) mass is 309 g/mol. The van der Waals surface area contributed by atoms with Gasteiger partial charge in [-0.1, -0.05) is 6.07 Å². The summed E-state index contributed by atoms with van der Waals surface area (Å²) < 4.78 is 70.5. The van der Waals surface area contributed by atoms with Gasteiger partial charge >= 0.3 is 12.3 Å². The number of hydrogen-bond donors (Lipinski definition) is 0. The fourth-order valence-electron chi connectivity index (χ4n) is 1.49. The first-order valence-electron chi connectivity index (χ1n) is 5.49. The summed E-state index contributed by atoms with van der Waals surface area (Å²) >= 11 is 0. The third-order valence-electron chi connectivity index (χ3n) is 2.25. The summed E-state index contributed by atoms with van der Waals surface area (Å²) in [6.07, 6.45) is -8.46. The molecule has 0 amide bonds. The van der Waals surface area contributed by atoms with E-state index in [9.17, 15) is 26.7 Å².